The molecule has 0 radical (unpaired) electrons. The number of carbonyl (C=O) groups is 3. The minimum absolute atomic E-state index is 0.117. The lowest BCUT2D eigenvalue weighted by Crippen LogP contribution is -2.52. The molecule has 0 aromatic heterocycles. The Labute approximate surface area is 175 Å². The van der Waals surface area contributed by atoms with Gasteiger partial charge in [0.1, 0.15) is 18.8 Å². The molecule has 0 fully saturated rings. The third-order valence-electron chi connectivity index (χ3n) is 5.21. The number of ether oxygens (including phenoxy) is 2. The molecule has 0 bridgehead atoms. The summed E-state index contributed by atoms with van der Waals surface area (Å²) in [7, 11) is 0. The molecule has 0 aliphatic carbocycles. The summed E-state index contributed by atoms with van der Waals surface area (Å²) in [6, 6.07) is 13.1. The zero-order chi connectivity index (χ0) is 21.3. The predicted octanol–water partition coefficient (Wildman–Crippen LogP) is 2.65. The maximum atomic E-state index is 13.0. The van der Waals surface area contributed by atoms with Gasteiger partial charge in [-0.15, -0.1) is 0 Å². The number of rotatable bonds is 6. The van der Waals surface area contributed by atoms with Crippen molar-refractivity contribution in [1.29, 1.82) is 0 Å². The minimum Gasteiger partial charge on any atom is -0.486 e. The van der Waals surface area contributed by atoms with E-state index < -0.39 is 17.9 Å². The normalized spacial score (nSPS) is 18.4. The molecule has 156 valence electrons. The van der Waals surface area contributed by atoms with Gasteiger partial charge in [0.25, 0.3) is 11.8 Å². The van der Waals surface area contributed by atoms with Gasteiger partial charge in [0.05, 0.1) is 17.7 Å². The standard InChI is InChI=1S/C23H24N2O5/c1-14(2)11-18(25-22(27)16-7-3-4-8-17(16)23(25)28)21(26)24-12-15-13-29-19-9-5-6-10-20(19)30-15/h3-10,14-15,18H,11-13H2,1-2H3,(H,24,26)/t15-,18-/m1/s1. The molecule has 0 saturated carbocycles. The van der Waals surface area contributed by atoms with Gasteiger partial charge in [0.15, 0.2) is 11.5 Å². The van der Waals surface area contributed by atoms with Gasteiger partial charge in [-0.25, -0.2) is 0 Å². The summed E-state index contributed by atoms with van der Waals surface area (Å²) >= 11 is 0. The van der Waals surface area contributed by atoms with Gasteiger partial charge in [-0.05, 0) is 36.6 Å². The summed E-state index contributed by atoms with van der Waals surface area (Å²) in [5.74, 6) is 0.183. The van der Waals surface area contributed by atoms with Crippen LogP contribution in [0.1, 0.15) is 41.0 Å². The van der Waals surface area contributed by atoms with Gasteiger partial charge < -0.3 is 14.8 Å². The summed E-state index contributed by atoms with van der Waals surface area (Å²) in [4.78, 5) is 39.8. The van der Waals surface area contributed by atoms with Crippen molar-refractivity contribution in [3.8, 4) is 11.5 Å². The third-order valence-corrected chi connectivity index (χ3v) is 5.21. The molecule has 2 atom stereocenters. The van der Waals surface area contributed by atoms with Gasteiger partial charge >= 0.3 is 0 Å². The van der Waals surface area contributed by atoms with Crippen LogP contribution >= 0.6 is 0 Å². The number of benzene rings is 2. The van der Waals surface area contributed by atoms with E-state index in [1.54, 1.807) is 24.3 Å². The van der Waals surface area contributed by atoms with E-state index in [9.17, 15) is 14.4 Å². The highest BCUT2D eigenvalue weighted by Gasteiger charge is 2.42. The Kier molecular flexibility index (Phi) is 5.44. The molecule has 0 saturated heterocycles. The van der Waals surface area contributed by atoms with Crippen LogP contribution in [0.3, 0.4) is 0 Å². The van der Waals surface area contributed by atoms with Crippen LogP contribution in [-0.2, 0) is 4.79 Å². The topological polar surface area (TPSA) is 84.9 Å². The van der Waals surface area contributed by atoms with E-state index in [4.69, 9.17) is 9.47 Å². The average molecular weight is 408 g/mol. The summed E-state index contributed by atoms with van der Waals surface area (Å²) in [5.41, 5.74) is 0.675. The lowest BCUT2D eigenvalue weighted by atomic mass is 10.0. The first-order chi connectivity index (χ1) is 14.5. The van der Waals surface area contributed by atoms with E-state index in [1.165, 1.54) is 0 Å². The lowest BCUT2D eigenvalue weighted by molar-refractivity contribution is -0.126. The number of nitrogens with one attached hydrogen (secondary N) is 1. The van der Waals surface area contributed by atoms with E-state index in [1.807, 2.05) is 38.1 Å². The fraction of sp³-hybridized carbons (Fsp3) is 0.348. The molecule has 3 amide bonds. The fourth-order valence-electron chi connectivity index (χ4n) is 3.76. The van der Waals surface area contributed by atoms with Crippen LogP contribution in [0.5, 0.6) is 11.5 Å². The molecule has 2 aromatic carbocycles. The van der Waals surface area contributed by atoms with E-state index in [0.29, 0.717) is 35.7 Å². The molecular formula is C23H24N2O5. The quantitative estimate of drug-likeness (QED) is 0.743. The summed E-state index contributed by atoms with van der Waals surface area (Å²) in [6.07, 6.45) is 0.0213. The van der Waals surface area contributed by atoms with Crippen molar-refractivity contribution in [3.63, 3.8) is 0 Å². The van der Waals surface area contributed by atoms with Crippen LogP contribution in [0.15, 0.2) is 48.5 Å². The van der Waals surface area contributed by atoms with Crippen molar-refractivity contribution in [1.82, 2.24) is 10.2 Å². The second-order valence-corrected chi connectivity index (χ2v) is 7.91. The van der Waals surface area contributed by atoms with Gasteiger partial charge in [-0.1, -0.05) is 38.1 Å². The largest absolute Gasteiger partial charge is 0.486 e. The Morgan fingerprint density at radius 2 is 1.63 bits per heavy atom. The van der Waals surface area contributed by atoms with Gasteiger partial charge in [-0.2, -0.15) is 0 Å². The van der Waals surface area contributed by atoms with E-state index in [-0.39, 0.29) is 24.5 Å². The number of para-hydroxylation sites is 2. The van der Waals surface area contributed by atoms with Gasteiger partial charge in [-0.3, -0.25) is 19.3 Å². The molecule has 0 spiro atoms. The third kappa shape index (κ3) is 3.75. The number of amides is 3. The molecule has 2 heterocycles. The first-order valence-electron chi connectivity index (χ1n) is 10.1. The van der Waals surface area contributed by atoms with E-state index >= 15 is 0 Å². The van der Waals surface area contributed by atoms with Crippen molar-refractivity contribution in [2.45, 2.75) is 32.4 Å². The molecular weight excluding hydrogens is 384 g/mol. The number of hydrogen-bond donors (Lipinski definition) is 1. The Bertz CT molecular complexity index is 952. The van der Waals surface area contributed by atoms with Crippen LogP contribution in [0, 0.1) is 5.92 Å². The predicted molar refractivity (Wildman–Crippen MR) is 110 cm³/mol. The number of nitrogens with zero attached hydrogens (tertiary/aromatic N) is 1. The molecule has 2 aliphatic heterocycles. The summed E-state index contributed by atoms with van der Waals surface area (Å²) in [6.45, 7) is 4.42. The Balaban J connectivity index is 1.46. The number of carbonyl (C=O) groups excluding carboxylic acids is 3. The van der Waals surface area contributed by atoms with Crippen molar-refractivity contribution in [3.05, 3.63) is 59.7 Å². The second kappa shape index (κ2) is 8.18. The smallest absolute Gasteiger partial charge is 0.262 e. The van der Waals surface area contributed by atoms with Crippen molar-refractivity contribution in [2.75, 3.05) is 13.2 Å². The first-order valence-corrected chi connectivity index (χ1v) is 10.1. The zero-order valence-corrected chi connectivity index (χ0v) is 17.0. The first kappa shape index (κ1) is 19.9. The molecule has 7 heteroatoms. The number of hydrogen-bond acceptors (Lipinski definition) is 5. The lowest BCUT2D eigenvalue weighted by Gasteiger charge is -2.29. The zero-order valence-electron chi connectivity index (χ0n) is 17.0. The average Bonchev–Trinajstić information content (AvgIpc) is 3.00. The highest BCUT2D eigenvalue weighted by molar-refractivity contribution is 6.22. The minimum atomic E-state index is -0.880. The van der Waals surface area contributed by atoms with Crippen LogP contribution in [0.2, 0.25) is 0 Å². The van der Waals surface area contributed by atoms with E-state index in [0.717, 1.165) is 4.90 Å². The van der Waals surface area contributed by atoms with Crippen LogP contribution in [-0.4, -0.2) is 47.9 Å². The van der Waals surface area contributed by atoms with Crippen molar-refractivity contribution >= 4 is 17.7 Å². The van der Waals surface area contributed by atoms with Gasteiger partial charge in [0.2, 0.25) is 5.91 Å². The molecule has 2 aromatic rings. The van der Waals surface area contributed by atoms with Crippen LogP contribution in [0.4, 0.5) is 0 Å². The van der Waals surface area contributed by atoms with E-state index in [2.05, 4.69) is 5.32 Å². The number of fused-ring (bicyclic) bond motifs is 2. The Hall–Kier alpha value is -3.35. The highest BCUT2D eigenvalue weighted by atomic mass is 16.6. The second-order valence-electron chi connectivity index (χ2n) is 7.91. The number of imide groups is 1. The fourth-order valence-corrected chi connectivity index (χ4v) is 3.76. The highest BCUT2D eigenvalue weighted by Crippen LogP contribution is 2.31. The van der Waals surface area contributed by atoms with Crippen molar-refractivity contribution < 1.29 is 23.9 Å². The van der Waals surface area contributed by atoms with Crippen LogP contribution in [0.25, 0.3) is 0 Å². The maximum Gasteiger partial charge on any atom is 0.262 e. The SMILES string of the molecule is CC(C)C[C@H](C(=O)NC[C@@H]1COc2ccccc2O1)N1C(=O)c2ccccc2C1=O. The molecule has 7 nitrogen and oxygen atoms in total. The molecule has 4 rings (SSSR count). The van der Waals surface area contributed by atoms with Gasteiger partial charge in [0, 0.05) is 0 Å². The van der Waals surface area contributed by atoms with Crippen molar-refractivity contribution in [2.24, 2.45) is 5.92 Å². The molecule has 30 heavy (non-hydrogen) atoms. The molecule has 1 N–H and O–H groups in total. The molecule has 0 unspecified atom stereocenters. The Morgan fingerprint density at radius 3 is 2.27 bits per heavy atom. The summed E-state index contributed by atoms with van der Waals surface area (Å²) < 4.78 is 11.5. The Morgan fingerprint density at radius 1 is 1.03 bits per heavy atom. The summed E-state index contributed by atoms with van der Waals surface area (Å²) in [5, 5.41) is 2.84. The monoisotopic (exact) mass is 408 g/mol. The maximum absolute atomic E-state index is 13.0. The van der Waals surface area contributed by atoms with Crippen LogP contribution < -0.4 is 14.8 Å². The molecule has 2 aliphatic rings.